The number of nitrogens with zero attached hydrogens (tertiary/aromatic N) is 9. The summed E-state index contributed by atoms with van der Waals surface area (Å²) in [4.78, 5) is 49.9. The average Bonchev–Trinajstić information content (AvgIpc) is 4.22. The summed E-state index contributed by atoms with van der Waals surface area (Å²) in [6.07, 6.45) is 7.44. The van der Waals surface area contributed by atoms with Crippen LogP contribution in [0.2, 0.25) is 0 Å². The highest BCUT2D eigenvalue weighted by atomic mass is 32.1. The monoisotopic (exact) mass is 1010 g/mol. The van der Waals surface area contributed by atoms with Crippen LogP contribution in [0.5, 0.6) is 0 Å². The summed E-state index contributed by atoms with van der Waals surface area (Å²) in [6.45, 7) is 9.80. The van der Waals surface area contributed by atoms with Crippen molar-refractivity contribution in [1.29, 1.82) is 0 Å². The summed E-state index contributed by atoms with van der Waals surface area (Å²) in [5, 5.41) is 15.9. The van der Waals surface area contributed by atoms with Crippen molar-refractivity contribution in [2.45, 2.75) is 45.8 Å². The van der Waals surface area contributed by atoms with E-state index in [1.54, 1.807) is 44.8 Å². The fraction of sp³-hybridized carbons (Fsp3) is 0.204. The van der Waals surface area contributed by atoms with Crippen LogP contribution in [0.4, 0.5) is 22.7 Å². The van der Waals surface area contributed by atoms with Crippen molar-refractivity contribution < 1.29 is 9.47 Å². The molecule has 0 fully saturated rings. The minimum absolute atomic E-state index is 0.0286. The number of thiazole rings is 3. The Hall–Kier alpha value is -7.61. The normalized spacial score (nSPS) is 14.6. The minimum Gasteiger partial charge on any atom is -0.360 e. The van der Waals surface area contributed by atoms with E-state index in [0.29, 0.717) is 26.9 Å². The van der Waals surface area contributed by atoms with E-state index in [2.05, 4.69) is 109 Å². The number of hydrogen-bond acceptors (Lipinski definition) is 16. The van der Waals surface area contributed by atoms with Crippen molar-refractivity contribution >= 4 is 67.8 Å². The molecule has 0 spiro atoms. The fourth-order valence-electron chi connectivity index (χ4n) is 9.53. The van der Waals surface area contributed by atoms with Crippen molar-refractivity contribution in [1.82, 2.24) is 39.5 Å². The van der Waals surface area contributed by atoms with E-state index in [-0.39, 0.29) is 23.8 Å². The number of aromatic nitrogens is 8. The average molecular weight is 1010 g/mol. The number of rotatable bonds is 11. The van der Waals surface area contributed by atoms with Gasteiger partial charge in [0.2, 0.25) is 0 Å². The first kappa shape index (κ1) is 45.5. The molecule has 2 aliphatic rings. The number of ether oxygens (including phenoxy) is 2. The molecule has 0 saturated heterocycles. The van der Waals surface area contributed by atoms with Gasteiger partial charge in [0.05, 0.1) is 68.6 Å². The highest BCUT2D eigenvalue weighted by molar-refractivity contribution is 7.14. The summed E-state index contributed by atoms with van der Waals surface area (Å²) < 4.78 is 14.1. The second kappa shape index (κ2) is 19.2. The van der Waals surface area contributed by atoms with Crippen LogP contribution in [0.25, 0.3) is 76.6 Å². The van der Waals surface area contributed by atoms with Gasteiger partial charge in [-0.3, -0.25) is 19.5 Å². The van der Waals surface area contributed by atoms with Crippen LogP contribution in [0.3, 0.4) is 0 Å². The maximum atomic E-state index is 12.9. The minimum atomic E-state index is -0.157. The molecule has 72 heavy (non-hydrogen) atoms. The topological polar surface area (TPSA) is 164 Å². The molecule has 10 aromatic rings. The molecule has 3 aromatic carbocycles. The summed E-state index contributed by atoms with van der Waals surface area (Å²) in [7, 11) is 0. The van der Waals surface area contributed by atoms with Crippen LogP contribution in [-0.2, 0) is 9.47 Å². The highest BCUT2D eigenvalue weighted by Gasteiger charge is 2.28. The number of fused-ring (bicyclic) bond motifs is 3. The number of benzene rings is 3. The van der Waals surface area contributed by atoms with Crippen LogP contribution < -0.4 is 26.1 Å². The zero-order valence-corrected chi connectivity index (χ0v) is 42.2. The zero-order chi connectivity index (χ0) is 48.9. The second-order valence-corrected chi connectivity index (χ2v) is 20.5. The lowest BCUT2D eigenvalue weighted by molar-refractivity contribution is 0.150. The number of pyridine rings is 3. The lowest BCUT2D eigenvalue weighted by Crippen LogP contribution is -2.29. The number of aromatic amines is 1. The molecule has 0 aliphatic carbocycles. The molecule has 0 amide bonds. The Labute approximate surface area is 426 Å². The lowest BCUT2D eigenvalue weighted by Gasteiger charge is -2.31. The van der Waals surface area contributed by atoms with Crippen LogP contribution in [0.15, 0.2) is 137 Å². The van der Waals surface area contributed by atoms with Gasteiger partial charge in [-0.1, -0.05) is 24.3 Å². The van der Waals surface area contributed by atoms with Crippen LogP contribution in [0, 0.1) is 0 Å². The molecule has 12 rings (SSSR count). The van der Waals surface area contributed by atoms with E-state index in [1.165, 1.54) is 0 Å². The summed E-state index contributed by atoms with van der Waals surface area (Å²) in [5.41, 5.74) is 15.6. The largest absolute Gasteiger partial charge is 0.360 e. The Bertz CT molecular complexity index is 3660. The molecule has 2 atom stereocenters. The Morgan fingerprint density at radius 2 is 1.22 bits per heavy atom. The lowest BCUT2D eigenvalue weighted by atomic mass is 10.0. The summed E-state index contributed by atoms with van der Waals surface area (Å²) >= 11 is 4.76. The molecule has 3 N–H and O–H groups in total. The van der Waals surface area contributed by atoms with Crippen LogP contribution >= 0.6 is 34.0 Å². The predicted octanol–water partition coefficient (Wildman–Crippen LogP) is 12.3. The maximum absolute atomic E-state index is 12.9. The second-order valence-electron chi connectivity index (χ2n) is 17.9. The molecular formula is C54H48N12O3S3. The summed E-state index contributed by atoms with van der Waals surface area (Å²) in [5.74, 6) is 0. The van der Waals surface area contributed by atoms with Crippen molar-refractivity contribution in [3.05, 3.63) is 154 Å². The Balaban J connectivity index is 0.793. The molecule has 15 nitrogen and oxygen atoms in total. The number of H-pyrrole nitrogens is 1. The van der Waals surface area contributed by atoms with Crippen LogP contribution in [0.1, 0.15) is 57.1 Å². The number of imidazole rings is 1. The Kier molecular flexibility index (Phi) is 12.1. The first-order chi connectivity index (χ1) is 35.3. The number of hydrogen-bond donors (Lipinski definition) is 3. The molecule has 2 aliphatic heterocycles. The van der Waals surface area contributed by atoms with Gasteiger partial charge in [-0.05, 0) is 100.0 Å². The summed E-state index contributed by atoms with van der Waals surface area (Å²) in [6, 6.07) is 30.5. The number of para-hydroxylation sites is 3. The SMILES string of the molecule is CC(c1cncc(-c2csc(-c3cccc4c3NCOCN4C(C)c3cc(-c4csc(-c5cccc6c5[nH]c(=O)n6C(C)C)n4)ccn3)n2)c1)N1COCNc2c(-c3nc(-c4ccccn4)cs3)cccc21. The van der Waals surface area contributed by atoms with E-state index in [1.807, 2.05) is 74.9 Å². The number of nitrogens with one attached hydrogen (secondary N) is 3. The van der Waals surface area contributed by atoms with Crippen molar-refractivity contribution in [3.8, 4) is 65.6 Å². The molecule has 18 heteroatoms. The van der Waals surface area contributed by atoms with Crippen molar-refractivity contribution in [2.24, 2.45) is 0 Å². The third kappa shape index (κ3) is 8.39. The molecule has 0 radical (unpaired) electrons. The molecule has 0 bridgehead atoms. The molecule has 360 valence electrons. The van der Waals surface area contributed by atoms with E-state index in [0.717, 1.165) is 111 Å². The van der Waals surface area contributed by atoms with Gasteiger partial charge in [0.15, 0.2) is 0 Å². The van der Waals surface area contributed by atoms with Gasteiger partial charge in [0.25, 0.3) is 0 Å². The van der Waals surface area contributed by atoms with Crippen molar-refractivity contribution in [2.75, 3.05) is 47.4 Å². The Morgan fingerprint density at radius 3 is 1.90 bits per heavy atom. The number of anilines is 4. The standard InChI is InChI=1S/C54H48N12O3S3/c1-31(2)66-47-16-9-12-39(50(47)63-54(66)67)53-60-42(24-70-53)34-17-19-57-41(21-34)33(4)65-30-69-28-59-49-37(10-8-15-46(49)65)51-61-43(25-71-51)36-20-35(22-55-23-36)32(3)64-29-68-27-58-48-38(11-7-14-45(48)64)52-62-44(26-72-52)40-13-5-6-18-56-40/h5-26,31-33,58-59H,27-30H2,1-4H3,(H,63,67). The van der Waals surface area contributed by atoms with Gasteiger partial charge in [-0.2, -0.15) is 0 Å². The smallest absolute Gasteiger partial charge is 0.326 e. The first-order valence-corrected chi connectivity index (χ1v) is 26.3. The fourth-order valence-corrected chi connectivity index (χ4v) is 12.1. The molecule has 7 aromatic heterocycles. The molecule has 9 heterocycles. The first-order valence-electron chi connectivity index (χ1n) is 23.6. The highest BCUT2D eigenvalue weighted by Crippen LogP contribution is 2.45. The zero-order valence-electron chi connectivity index (χ0n) is 39.7. The molecular weight excluding hydrogens is 961 g/mol. The van der Waals surface area contributed by atoms with Crippen molar-refractivity contribution in [3.63, 3.8) is 0 Å². The quantitative estimate of drug-likeness (QED) is 0.112. The third-order valence-electron chi connectivity index (χ3n) is 13.2. The third-order valence-corrected chi connectivity index (χ3v) is 15.9. The van der Waals surface area contributed by atoms with Crippen LogP contribution in [-0.4, -0.2) is 66.4 Å². The van der Waals surface area contributed by atoms with Gasteiger partial charge in [-0.15, -0.1) is 34.0 Å². The van der Waals surface area contributed by atoms with Gasteiger partial charge in [0.1, 0.15) is 47.6 Å². The van der Waals surface area contributed by atoms with E-state index in [9.17, 15) is 4.79 Å². The van der Waals surface area contributed by atoms with E-state index >= 15 is 0 Å². The van der Waals surface area contributed by atoms with Gasteiger partial charge in [0, 0.05) is 74.8 Å². The van der Waals surface area contributed by atoms with Gasteiger partial charge >= 0.3 is 5.69 Å². The molecule has 0 saturated carbocycles. The van der Waals surface area contributed by atoms with Gasteiger partial charge in [-0.25, -0.2) is 19.7 Å². The van der Waals surface area contributed by atoms with E-state index < -0.39 is 0 Å². The predicted molar refractivity (Wildman–Crippen MR) is 290 cm³/mol. The molecule has 2 unspecified atom stereocenters. The van der Waals surface area contributed by atoms with E-state index in [4.69, 9.17) is 34.4 Å². The van der Waals surface area contributed by atoms with Gasteiger partial charge < -0.3 is 34.9 Å². The maximum Gasteiger partial charge on any atom is 0.326 e. The Morgan fingerprint density at radius 1 is 0.597 bits per heavy atom.